The third-order valence-electron chi connectivity index (χ3n) is 9.93. The molecule has 0 N–H and O–H groups in total. The van der Waals surface area contributed by atoms with Crippen molar-refractivity contribution >= 4 is 28.2 Å². The summed E-state index contributed by atoms with van der Waals surface area (Å²) in [6.07, 6.45) is 6.44. The maximum absolute atomic E-state index is 15.1. The Kier molecular flexibility index (Phi) is 7.37. The largest absolute Gasteiger partial charge is 0.455 e. The fraction of sp³-hybridized carbons (Fsp3) is 0.471. The fourth-order valence-electron chi connectivity index (χ4n) is 7.56. The van der Waals surface area contributed by atoms with Gasteiger partial charge in [0.25, 0.3) is 0 Å². The Labute approximate surface area is 257 Å². The number of carbonyl (C=O) groups is 1. The SMILES string of the molecule is C=CC(=O)N1CCN(c2nc(OC3([C@@H]4CCCN4C)CC3)nc3c2CCN(c2cccc4cccc(F)c24)C3)C[C@@H]1CC#N. The van der Waals surface area contributed by atoms with Crippen LogP contribution in [-0.4, -0.2) is 83.1 Å². The van der Waals surface area contributed by atoms with Crippen LogP contribution in [0.2, 0.25) is 0 Å². The normalized spacial score (nSPS) is 22.9. The van der Waals surface area contributed by atoms with Gasteiger partial charge in [-0.3, -0.25) is 9.69 Å². The Morgan fingerprint density at radius 2 is 1.98 bits per heavy atom. The van der Waals surface area contributed by atoms with Gasteiger partial charge in [-0.05, 0) is 69.3 Å². The highest BCUT2D eigenvalue weighted by molar-refractivity contribution is 5.95. The van der Waals surface area contributed by atoms with Crippen molar-refractivity contribution in [2.45, 2.75) is 62.8 Å². The molecule has 3 fully saturated rings. The van der Waals surface area contributed by atoms with E-state index in [0.717, 1.165) is 60.4 Å². The van der Waals surface area contributed by atoms with E-state index in [0.29, 0.717) is 56.6 Å². The minimum atomic E-state index is -0.276. The predicted octanol–water partition coefficient (Wildman–Crippen LogP) is 4.45. The van der Waals surface area contributed by atoms with Gasteiger partial charge in [0.15, 0.2) is 0 Å². The molecule has 1 saturated carbocycles. The van der Waals surface area contributed by atoms with E-state index < -0.39 is 0 Å². The first-order chi connectivity index (χ1) is 21.4. The number of aromatic nitrogens is 2. The topological polar surface area (TPSA) is 88.8 Å². The van der Waals surface area contributed by atoms with Gasteiger partial charge < -0.3 is 19.4 Å². The summed E-state index contributed by atoms with van der Waals surface area (Å²) in [6.45, 7) is 7.46. The zero-order valence-corrected chi connectivity index (χ0v) is 25.2. The van der Waals surface area contributed by atoms with Crippen LogP contribution in [0.4, 0.5) is 15.9 Å². The molecule has 4 aliphatic rings. The summed E-state index contributed by atoms with van der Waals surface area (Å²) >= 11 is 0. The molecule has 0 spiro atoms. The van der Waals surface area contributed by atoms with Gasteiger partial charge in [-0.15, -0.1) is 0 Å². The molecule has 1 aliphatic carbocycles. The Morgan fingerprint density at radius 3 is 2.70 bits per heavy atom. The van der Waals surface area contributed by atoms with Crippen molar-refractivity contribution in [1.82, 2.24) is 19.8 Å². The van der Waals surface area contributed by atoms with E-state index in [1.165, 1.54) is 12.1 Å². The number of benzene rings is 2. The van der Waals surface area contributed by atoms with Crippen molar-refractivity contribution in [3.63, 3.8) is 0 Å². The van der Waals surface area contributed by atoms with Crippen molar-refractivity contribution in [2.75, 3.05) is 49.6 Å². The second-order valence-corrected chi connectivity index (χ2v) is 12.5. The van der Waals surface area contributed by atoms with Crippen LogP contribution < -0.4 is 14.5 Å². The van der Waals surface area contributed by atoms with Crippen LogP contribution in [0.5, 0.6) is 6.01 Å². The molecule has 0 radical (unpaired) electrons. The third-order valence-corrected chi connectivity index (χ3v) is 9.93. The number of amides is 1. The highest BCUT2D eigenvalue weighted by atomic mass is 19.1. The van der Waals surface area contributed by atoms with Gasteiger partial charge in [0.05, 0.1) is 30.8 Å². The number of rotatable bonds is 7. The van der Waals surface area contributed by atoms with E-state index in [9.17, 15) is 10.1 Å². The third kappa shape index (κ3) is 5.03. The summed E-state index contributed by atoms with van der Waals surface area (Å²) in [6, 6.07) is 13.8. The summed E-state index contributed by atoms with van der Waals surface area (Å²) in [5, 5.41) is 11.0. The van der Waals surface area contributed by atoms with Gasteiger partial charge in [-0.25, -0.2) is 4.39 Å². The molecule has 10 heteroatoms. The van der Waals surface area contributed by atoms with E-state index in [1.807, 2.05) is 24.3 Å². The monoisotopic (exact) mass is 595 g/mol. The van der Waals surface area contributed by atoms with Crippen molar-refractivity contribution in [3.8, 4) is 12.1 Å². The number of likely N-dealkylation sites (N-methyl/N-ethyl adjacent to an activating group) is 1. The lowest BCUT2D eigenvalue weighted by molar-refractivity contribution is -0.128. The van der Waals surface area contributed by atoms with Gasteiger partial charge >= 0.3 is 6.01 Å². The molecule has 2 aromatic carbocycles. The lowest BCUT2D eigenvalue weighted by Crippen LogP contribution is -2.55. The smallest absolute Gasteiger partial charge is 0.319 e. The molecule has 4 heterocycles. The molecule has 228 valence electrons. The second-order valence-electron chi connectivity index (χ2n) is 12.5. The van der Waals surface area contributed by atoms with Gasteiger partial charge in [-0.1, -0.05) is 30.8 Å². The van der Waals surface area contributed by atoms with Crippen LogP contribution in [-0.2, 0) is 17.8 Å². The van der Waals surface area contributed by atoms with Crippen molar-refractivity contribution in [3.05, 3.63) is 66.1 Å². The van der Waals surface area contributed by atoms with Crippen LogP contribution >= 0.6 is 0 Å². The van der Waals surface area contributed by atoms with Crippen LogP contribution in [0.15, 0.2) is 49.1 Å². The molecule has 9 nitrogen and oxygen atoms in total. The van der Waals surface area contributed by atoms with E-state index in [-0.39, 0.29) is 29.8 Å². The Bertz CT molecular complexity index is 1650. The summed E-state index contributed by atoms with van der Waals surface area (Å²) < 4.78 is 21.9. The van der Waals surface area contributed by atoms with E-state index in [2.05, 4.69) is 34.4 Å². The number of anilines is 2. The molecule has 2 atom stereocenters. The number of hydrogen-bond donors (Lipinski definition) is 0. The van der Waals surface area contributed by atoms with Gasteiger partial charge in [0.2, 0.25) is 5.91 Å². The van der Waals surface area contributed by atoms with Crippen LogP contribution in [0.25, 0.3) is 10.8 Å². The van der Waals surface area contributed by atoms with E-state index >= 15 is 4.39 Å². The average Bonchev–Trinajstić information content (AvgIpc) is 3.68. The summed E-state index contributed by atoms with van der Waals surface area (Å²) in [5.41, 5.74) is 2.51. The first-order valence-electron chi connectivity index (χ1n) is 15.7. The number of ether oxygens (including phenoxy) is 1. The number of carbonyl (C=O) groups excluding carboxylic acids is 1. The molecule has 3 aliphatic heterocycles. The molecule has 1 amide bonds. The summed E-state index contributed by atoms with van der Waals surface area (Å²) in [4.78, 5) is 31.2. The summed E-state index contributed by atoms with van der Waals surface area (Å²) in [5.74, 6) is 0.425. The zero-order chi connectivity index (χ0) is 30.4. The lowest BCUT2D eigenvalue weighted by Gasteiger charge is -2.42. The fourth-order valence-corrected chi connectivity index (χ4v) is 7.56. The molecular weight excluding hydrogens is 557 g/mol. The minimum Gasteiger partial charge on any atom is -0.455 e. The van der Waals surface area contributed by atoms with Crippen LogP contribution in [0, 0.1) is 17.1 Å². The maximum Gasteiger partial charge on any atom is 0.319 e. The predicted molar refractivity (Wildman–Crippen MR) is 167 cm³/mol. The molecule has 1 aromatic heterocycles. The number of nitriles is 1. The molecule has 3 aromatic rings. The Hall–Kier alpha value is -4.23. The first-order valence-corrected chi connectivity index (χ1v) is 15.7. The van der Waals surface area contributed by atoms with Gasteiger partial charge in [-0.2, -0.15) is 15.2 Å². The van der Waals surface area contributed by atoms with Gasteiger partial charge in [0, 0.05) is 48.9 Å². The highest BCUT2D eigenvalue weighted by Gasteiger charge is 2.55. The maximum atomic E-state index is 15.1. The summed E-state index contributed by atoms with van der Waals surface area (Å²) in [7, 11) is 2.17. The first kappa shape index (κ1) is 28.5. The van der Waals surface area contributed by atoms with E-state index in [1.54, 1.807) is 11.0 Å². The average molecular weight is 596 g/mol. The number of hydrogen-bond acceptors (Lipinski definition) is 8. The van der Waals surface area contributed by atoms with E-state index in [4.69, 9.17) is 14.7 Å². The quantitative estimate of drug-likeness (QED) is 0.370. The molecule has 44 heavy (non-hydrogen) atoms. The molecule has 0 unspecified atom stereocenters. The lowest BCUT2D eigenvalue weighted by atomic mass is 10.0. The number of piperazine rings is 1. The molecule has 7 rings (SSSR count). The Morgan fingerprint density at radius 1 is 1.16 bits per heavy atom. The van der Waals surface area contributed by atoms with Crippen LogP contribution in [0.1, 0.15) is 43.4 Å². The number of nitrogens with zero attached hydrogens (tertiary/aromatic N) is 7. The zero-order valence-electron chi connectivity index (χ0n) is 25.2. The number of halogens is 1. The van der Waals surface area contributed by atoms with Crippen molar-refractivity contribution in [1.29, 1.82) is 5.26 Å². The number of fused-ring (bicyclic) bond motifs is 2. The highest BCUT2D eigenvalue weighted by Crippen LogP contribution is 2.48. The molecule has 0 bridgehead atoms. The second kappa shape index (κ2) is 11.4. The number of likely N-dealkylation sites (tertiary alicyclic amines) is 1. The van der Waals surface area contributed by atoms with Gasteiger partial charge in [0.1, 0.15) is 17.2 Å². The van der Waals surface area contributed by atoms with Crippen LogP contribution in [0.3, 0.4) is 0 Å². The Balaban J connectivity index is 1.26. The van der Waals surface area contributed by atoms with Crippen molar-refractivity contribution < 1.29 is 13.9 Å². The molecular formula is C34H38FN7O2. The molecule has 2 saturated heterocycles. The van der Waals surface area contributed by atoms with Crippen molar-refractivity contribution in [2.24, 2.45) is 0 Å². The minimum absolute atomic E-state index is 0.159. The standard InChI is InChI=1S/C34H38FN7O2/c1-3-30(43)42-20-19-41(21-24(42)12-16-36)32-25-13-18-40(28-10-5-8-23-7-4-9-26(35)31(23)28)22-27(25)37-33(38-32)44-34(14-15-34)29-11-6-17-39(29)2/h3-5,7-10,24,29H,1,6,11-15,17-22H2,2H3/t24-,29-/m0/s1.